The van der Waals surface area contributed by atoms with Gasteiger partial charge in [-0.15, -0.1) is 0 Å². The number of hydrogen-bond donors (Lipinski definition) is 3. The van der Waals surface area contributed by atoms with E-state index >= 15 is 0 Å². The highest BCUT2D eigenvalue weighted by Crippen LogP contribution is 2.11. The lowest BCUT2D eigenvalue weighted by Crippen LogP contribution is -2.27. The Kier molecular flexibility index (Phi) is 4.23. The zero-order chi connectivity index (χ0) is 12.9. The first-order valence-corrected chi connectivity index (χ1v) is 6.21. The van der Waals surface area contributed by atoms with Crippen molar-refractivity contribution in [2.75, 3.05) is 19.4 Å². The standard InChI is InChI=1S/C6H11N5O5S/c1-17(13,14)8-2-3-15-6-4(5(7)9-12)10-16-11-6/h8,12H,2-3H2,1H3,(H2,7,9). The molecule has 0 saturated heterocycles. The van der Waals surface area contributed by atoms with Crippen molar-refractivity contribution < 1.29 is 23.0 Å². The minimum Gasteiger partial charge on any atom is -0.472 e. The van der Waals surface area contributed by atoms with Crippen LogP contribution in [-0.2, 0) is 10.0 Å². The van der Waals surface area contributed by atoms with Crippen LogP contribution < -0.4 is 15.2 Å². The van der Waals surface area contributed by atoms with Crippen LogP contribution in [0.2, 0.25) is 0 Å². The van der Waals surface area contributed by atoms with E-state index in [9.17, 15) is 8.42 Å². The molecule has 1 rings (SSSR count). The molecule has 0 amide bonds. The molecule has 0 unspecified atom stereocenters. The lowest BCUT2D eigenvalue weighted by Gasteiger charge is -2.03. The van der Waals surface area contributed by atoms with E-state index in [0.29, 0.717) is 0 Å². The van der Waals surface area contributed by atoms with Crippen molar-refractivity contribution in [2.45, 2.75) is 0 Å². The monoisotopic (exact) mass is 265 g/mol. The van der Waals surface area contributed by atoms with Crippen LogP contribution in [0.25, 0.3) is 0 Å². The van der Waals surface area contributed by atoms with Crippen molar-refractivity contribution in [2.24, 2.45) is 10.9 Å². The molecule has 17 heavy (non-hydrogen) atoms. The molecule has 0 radical (unpaired) electrons. The van der Waals surface area contributed by atoms with Crippen LogP contribution in [0.1, 0.15) is 5.69 Å². The molecular formula is C6H11N5O5S. The van der Waals surface area contributed by atoms with E-state index in [1.165, 1.54) is 0 Å². The van der Waals surface area contributed by atoms with E-state index in [4.69, 9.17) is 15.7 Å². The minimum atomic E-state index is -3.27. The van der Waals surface area contributed by atoms with Crippen LogP contribution in [0.4, 0.5) is 0 Å². The summed E-state index contributed by atoms with van der Waals surface area (Å²) in [4.78, 5) is 0. The molecule has 11 heteroatoms. The fraction of sp³-hybridized carbons (Fsp3) is 0.500. The first-order chi connectivity index (χ1) is 7.94. The minimum absolute atomic E-state index is 0.00695. The van der Waals surface area contributed by atoms with Crippen LogP contribution >= 0.6 is 0 Å². The SMILES string of the molecule is CS(=O)(=O)NCCOc1nonc1/C(N)=N/O. The van der Waals surface area contributed by atoms with E-state index < -0.39 is 10.0 Å². The van der Waals surface area contributed by atoms with Gasteiger partial charge in [0.25, 0.3) is 5.88 Å². The van der Waals surface area contributed by atoms with E-state index in [1.807, 2.05) is 0 Å². The predicted octanol–water partition coefficient (Wildman–Crippen LogP) is -1.91. The summed E-state index contributed by atoms with van der Waals surface area (Å²) in [6, 6.07) is 0. The fourth-order valence-corrected chi connectivity index (χ4v) is 1.31. The molecule has 0 aromatic carbocycles. The summed E-state index contributed by atoms with van der Waals surface area (Å²) >= 11 is 0. The molecule has 10 nitrogen and oxygen atoms in total. The number of nitrogens with two attached hydrogens (primary N) is 1. The Morgan fingerprint density at radius 2 is 2.35 bits per heavy atom. The summed E-state index contributed by atoms with van der Waals surface area (Å²) in [7, 11) is -3.27. The molecule has 0 atom stereocenters. The van der Waals surface area contributed by atoms with Crippen LogP contribution in [0.15, 0.2) is 9.78 Å². The molecule has 0 aliphatic heterocycles. The number of aromatic nitrogens is 2. The number of hydrogen-bond acceptors (Lipinski definition) is 8. The van der Waals surface area contributed by atoms with Gasteiger partial charge in [0, 0.05) is 6.54 Å². The summed E-state index contributed by atoms with van der Waals surface area (Å²) < 4.78 is 33.0. The molecule has 0 bridgehead atoms. The highest BCUT2D eigenvalue weighted by atomic mass is 32.2. The van der Waals surface area contributed by atoms with Gasteiger partial charge in [-0.3, -0.25) is 0 Å². The summed E-state index contributed by atoms with van der Waals surface area (Å²) in [5, 5.41) is 17.8. The number of nitrogens with zero attached hydrogens (tertiary/aromatic N) is 3. The van der Waals surface area contributed by atoms with Crippen LogP contribution in [0, 0.1) is 0 Å². The first-order valence-electron chi connectivity index (χ1n) is 4.32. The Labute approximate surface area is 96.4 Å². The van der Waals surface area contributed by atoms with Crippen molar-refractivity contribution in [3.63, 3.8) is 0 Å². The Balaban J connectivity index is 2.50. The summed E-state index contributed by atoms with van der Waals surface area (Å²) in [5.74, 6) is -0.409. The molecule has 0 spiro atoms. The van der Waals surface area contributed by atoms with E-state index in [1.54, 1.807) is 0 Å². The maximum atomic E-state index is 10.7. The van der Waals surface area contributed by atoms with Gasteiger partial charge in [-0.25, -0.2) is 17.8 Å². The van der Waals surface area contributed by atoms with E-state index in [2.05, 4.69) is 24.8 Å². The average molecular weight is 265 g/mol. The lowest BCUT2D eigenvalue weighted by molar-refractivity contribution is 0.258. The molecule has 0 aliphatic rings. The fourth-order valence-electron chi connectivity index (χ4n) is 0.854. The second kappa shape index (κ2) is 5.45. The Bertz CT molecular complexity index is 495. The molecule has 96 valence electrons. The van der Waals surface area contributed by atoms with Crippen molar-refractivity contribution in [3.8, 4) is 5.88 Å². The summed E-state index contributed by atoms with van der Waals surface area (Å²) in [6.45, 7) is 0.0360. The van der Waals surface area contributed by atoms with Gasteiger partial charge in [-0.2, -0.15) is 0 Å². The number of nitrogens with one attached hydrogen (secondary N) is 1. The zero-order valence-electron chi connectivity index (χ0n) is 8.82. The summed E-state index contributed by atoms with van der Waals surface area (Å²) in [5.41, 5.74) is 5.20. The van der Waals surface area contributed by atoms with Crippen LogP contribution in [-0.4, -0.2) is 49.2 Å². The lowest BCUT2D eigenvalue weighted by atomic mass is 10.4. The topological polar surface area (TPSA) is 153 Å². The van der Waals surface area contributed by atoms with Crippen molar-refractivity contribution in [3.05, 3.63) is 5.69 Å². The molecule has 0 saturated carbocycles. The third kappa shape index (κ3) is 4.24. The van der Waals surface area contributed by atoms with Crippen molar-refractivity contribution >= 4 is 15.9 Å². The van der Waals surface area contributed by atoms with Gasteiger partial charge in [-0.05, 0) is 10.3 Å². The second-order valence-electron chi connectivity index (χ2n) is 2.92. The molecular weight excluding hydrogens is 254 g/mol. The number of amidine groups is 1. The van der Waals surface area contributed by atoms with E-state index in [-0.39, 0.29) is 30.6 Å². The van der Waals surface area contributed by atoms with Crippen molar-refractivity contribution in [1.29, 1.82) is 0 Å². The molecule has 1 aromatic heterocycles. The number of sulfonamides is 1. The van der Waals surface area contributed by atoms with Gasteiger partial charge >= 0.3 is 0 Å². The Hall–Kier alpha value is -1.88. The second-order valence-corrected chi connectivity index (χ2v) is 4.75. The van der Waals surface area contributed by atoms with Gasteiger partial charge in [0.2, 0.25) is 15.7 Å². The molecule has 0 fully saturated rings. The van der Waals surface area contributed by atoms with Crippen LogP contribution in [0.3, 0.4) is 0 Å². The van der Waals surface area contributed by atoms with Gasteiger partial charge in [0.1, 0.15) is 6.61 Å². The summed E-state index contributed by atoms with van der Waals surface area (Å²) in [6.07, 6.45) is 1.02. The van der Waals surface area contributed by atoms with E-state index in [0.717, 1.165) is 6.26 Å². The van der Waals surface area contributed by atoms with Gasteiger partial charge < -0.3 is 15.7 Å². The molecule has 4 N–H and O–H groups in total. The highest BCUT2D eigenvalue weighted by molar-refractivity contribution is 7.88. The third-order valence-corrected chi connectivity index (χ3v) is 2.24. The van der Waals surface area contributed by atoms with Crippen LogP contribution in [0.5, 0.6) is 5.88 Å². The maximum Gasteiger partial charge on any atom is 0.287 e. The maximum absolute atomic E-state index is 10.7. The Morgan fingerprint density at radius 1 is 1.65 bits per heavy atom. The number of ether oxygens (including phenoxy) is 1. The first kappa shape index (κ1) is 13.2. The number of oxime groups is 1. The normalized spacial score (nSPS) is 12.6. The molecule has 1 heterocycles. The van der Waals surface area contributed by atoms with Gasteiger partial charge in [0.15, 0.2) is 5.84 Å². The quantitative estimate of drug-likeness (QED) is 0.177. The van der Waals surface area contributed by atoms with Gasteiger partial charge in [0.05, 0.1) is 6.26 Å². The largest absolute Gasteiger partial charge is 0.472 e. The number of rotatable bonds is 6. The Morgan fingerprint density at radius 3 is 2.94 bits per heavy atom. The average Bonchev–Trinajstić information content (AvgIpc) is 2.70. The van der Waals surface area contributed by atoms with Gasteiger partial charge in [-0.1, -0.05) is 5.16 Å². The third-order valence-electron chi connectivity index (χ3n) is 1.51. The smallest absolute Gasteiger partial charge is 0.287 e. The van der Waals surface area contributed by atoms with Crippen molar-refractivity contribution in [1.82, 2.24) is 15.0 Å². The predicted molar refractivity (Wildman–Crippen MR) is 55.2 cm³/mol. The molecule has 0 aliphatic carbocycles. The molecule has 1 aromatic rings. The zero-order valence-corrected chi connectivity index (χ0v) is 9.64. The highest BCUT2D eigenvalue weighted by Gasteiger charge is 2.15.